The third kappa shape index (κ3) is 3.32. The smallest absolute Gasteiger partial charge is 0.129 e. The molecule has 1 N–H and O–H groups in total. The molecule has 0 amide bonds. The number of fused-ring (bicyclic) bond motifs is 5. The van der Waals surface area contributed by atoms with Crippen LogP contribution in [0.25, 0.3) is 0 Å². The van der Waals surface area contributed by atoms with Crippen LogP contribution in [0.15, 0.2) is 11.6 Å². The molecule has 0 bridgehead atoms. The fourth-order valence-corrected chi connectivity index (χ4v) is 8.49. The second-order valence-corrected chi connectivity index (χ2v) is 11.5. The van der Waals surface area contributed by atoms with E-state index in [2.05, 4.69) is 26.8 Å². The lowest BCUT2D eigenvalue weighted by atomic mass is 9.47. The molecule has 7 unspecified atom stereocenters. The van der Waals surface area contributed by atoms with Crippen LogP contribution in [0.1, 0.15) is 98.3 Å². The normalized spacial score (nSPS) is 46.2. The van der Waals surface area contributed by atoms with E-state index in [1.54, 1.807) is 12.5 Å². The van der Waals surface area contributed by atoms with Crippen LogP contribution in [-0.4, -0.2) is 17.0 Å². The van der Waals surface area contributed by atoms with Gasteiger partial charge in [-0.25, -0.2) is 0 Å². The predicted molar refractivity (Wildman–Crippen MR) is 115 cm³/mol. The summed E-state index contributed by atoms with van der Waals surface area (Å²) in [7, 11) is 0. The quantitative estimate of drug-likeness (QED) is 0.561. The second kappa shape index (κ2) is 7.56. The van der Waals surface area contributed by atoms with Crippen molar-refractivity contribution in [1.29, 1.82) is 0 Å². The second-order valence-electron chi connectivity index (χ2n) is 11.5. The Morgan fingerprint density at radius 2 is 1.96 bits per heavy atom. The SMILES string of the molecule is CC(=O)CCC[C@@H](C)C1CCC2C3CC=C4CC(O)CCC4(C)C3CCC21C. The van der Waals surface area contributed by atoms with E-state index in [4.69, 9.17) is 0 Å². The van der Waals surface area contributed by atoms with Gasteiger partial charge in [-0.15, -0.1) is 0 Å². The van der Waals surface area contributed by atoms with Crippen molar-refractivity contribution in [3.63, 3.8) is 0 Å². The van der Waals surface area contributed by atoms with Gasteiger partial charge in [0.05, 0.1) is 6.10 Å². The van der Waals surface area contributed by atoms with Gasteiger partial charge < -0.3 is 9.90 Å². The highest BCUT2D eigenvalue weighted by Crippen LogP contribution is 2.67. The van der Waals surface area contributed by atoms with Crippen molar-refractivity contribution in [1.82, 2.24) is 0 Å². The zero-order valence-electron chi connectivity index (χ0n) is 18.7. The highest BCUT2D eigenvalue weighted by molar-refractivity contribution is 5.75. The first kappa shape index (κ1) is 20.6. The maximum atomic E-state index is 11.3. The molecule has 0 aromatic carbocycles. The Morgan fingerprint density at radius 3 is 2.71 bits per heavy atom. The zero-order chi connectivity index (χ0) is 20.1. The van der Waals surface area contributed by atoms with Gasteiger partial charge in [0.2, 0.25) is 0 Å². The van der Waals surface area contributed by atoms with Crippen LogP contribution in [-0.2, 0) is 4.79 Å². The van der Waals surface area contributed by atoms with Gasteiger partial charge >= 0.3 is 0 Å². The third-order valence-electron chi connectivity index (χ3n) is 10.0. The summed E-state index contributed by atoms with van der Waals surface area (Å²) in [4.78, 5) is 11.3. The molecule has 0 radical (unpaired) electrons. The first-order valence-electron chi connectivity index (χ1n) is 12.1. The number of aliphatic hydroxyl groups is 1. The van der Waals surface area contributed by atoms with Crippen LogP contribution >= 0.6 is 0 Å². The molecule has 8 atom stereocenters. The van der Waals surface area contributed by atoms with E-state index in [0.29, 0.717) is 16.6 Å². The summed E-state index contributed by atoms with van der Waals surface area (Å²) >= 11 is 0. The molecule has 3 saturated carbocycles. The minimum absolute atomic E-state index is 0.101. The molecule has 28 heavy (non-hydrogen) atoms. The monoisotopic (exact) mass is 386 g/mol. The molecule has 0 heterocycles. The summed E-state index contributed by atoms with van der Waals surface area (Å²) in [5.74, 6) is 4.52. The van der Waals surface area contributed by atoms with Crippen molar-refractivity contribution in [3.05, 3.63) is 11.6 Å². The van der Waals surface area contributed by atoms with E-state index in [-0.39, 0.29) is 6.10 Å². The van der Waals surface area contributed by atoms with Gasteiger partial charge in [0.1, 0.15) is 5.78 Å². The van der Waals surface area contributed by atoms with Crippen LogP contribution < -0.4 is 0 Å². The van der Waals surface area contributed by atoms with Crippen molar-refractivity contribution in [2.45, 2.75) is 104 Å². The van der Waals surface area contributed by atoms with E-state index < -0.39 is 0 Å². The molecule has 0 aromatic rings. The molecule has 0 saturated heterocycles. The molecular weight excluding hydrogens is 344 g/mol. The van der Waals surface area contributed by atoms with Crippen molar-refractivity contribution in [3.8, 4) is 0 Å². The number of hydrogen-bond donors (Lipinski definition) is 1. The number of carbonyl (C=O) groups is 1. The Balaban J connectivity index is 1.50. The van der Waals surface area contributed by atoms with E-state index in [9.17, 15) is 9.90 Å². The van der Waals surface area contributed by atoms with Crippen LogP contribution in [0.2, 0.25) is 0 Å². The van der Waals surface area contributed by atoms with Gasteiger partial charge in [0, 0.05) is 6.42 Å². The van der Waals surface area contributed by atoms with E-state index in [1.165, 1.54) is 44.9 Å². The van der Waals surface area contributed by atoms with Crippen molar-refractivity contribution in [2.75, 3.05) is 0 Å². The highest BCUT2D eigenvalue weighted by Gasteiger charge is 2.59. The fraction of sp³-hybridized carbons (Fsp3) is 0.885. The standard InChI is InChI=1S/C26H42O2/c1-17(6-5-7-18(2)27)22-10-11-23-21-9-8-19-16-20(28)12-14-25(19,3)24(21)13-15-26(22,23)4/h8,17,20-24,28H,5-7,9-16H2,1-4H3/t17-,20?,21?,22?,23?,24?,25?,26?/m1/s1. The number of allylic oxidation sites excluding steroid dienone is 1. The minimum Gasteiger partial charge on any atom is -0.393 e. The lowest BCUT2D eigenvalue weighted by Crippen LogP contribution is -2.50. The summed E-state index contributed by atoms with van der Waals surface area (Å²) in [6, 6.07) is 0. The molecule has 158 valence electrons. The van der Waals surface area contributed by atoms with Crippen molar-refractivity contribution in [2.24, 2.45) is 40.4 Å². The Hall–Kier alpha value is -0.630. The molecule has 0 aliphatic heterocycles. The molecule has 2 heteroatoms. The molecule has 4 aliphatic carbocycles. The molecule has 0 aromatic heterocycles. The zero-order valence-corrected chi connectivity index (χ0v) is 18.7. The van der Waals surface area contributed by atoms with Gasteiger partial charge in [0.25, 0.3) is 0 Å². The summed E-state index contributed by atoms with van der Waals surface area (Å²) in [6.45, 7) is 9.35. The molecular formula is C26H42O2. The van der Waals surface area contributed by atoms with E-state index >= 15 is 0 Å². The van der Waals surface area contributed by atoms with Crippen LogP contribution in [0.5, 0.6) is 0 Å². The number of rotatable bonds is 5. The van der Waals surface area contributed by atoms with Gasteiger partial charge in [-0.1, -0.05) is 38.8 Å². The van der Waals surface area contributed by atoms with Crippen LogP contribution in [0.4, 0.5) is 0 Å². The van der Waals surface area contributed by atoms with Gasteiger partial charge in [0.15, 0.2) is 0 Å². The van der Waals surface area contributed by atoms with Crippen molar-refractivity contribution >= 4 is 5.78 Å². The first-order chi connectivity index (χ1) is 13.3. The van der Waals surface area contributed by atoms with Crippen LogP contribution in [0.3, 0.4) is 0 Å². The molecule has 4 aliphatic rings. The summed E-state index contributed by atoms with van der Waals surface area (Å²) < 4.78 is 0. The summed E-state index contributed by atoms with van der Waals surface area (Å²) in [5, 5.41) is 10.2. The Labute approximate surface area is 172 Å². The summed E-state index contributed by atoms with van der Waals surface area (Å²) in [5.41, 5.74) is 2.45. The van der Waals surface area contributed by atoms with E-state index in [1.807, 2.05) is 0 Å². The summed E-state index contributed by atoms with van der Waals surface area (Å²) in [6.07, 6.45) is 15.5. The Kier molecular flexibility index (Phi) is 5.57. The minimum atomic E-state index is -0.101. The maximum absolute atomic E-state index is 11.3. The largest absolute Gasteiger partial charge is 0.393 e. The average molecular weight is 387 g/mol. The predicted octanol–water partition coefficient (Wildman–Crippen LogP) is 6.32. The molecule has 2 nitrogen and oxygen atoms in total. The Morgan fingerprint density at radius 1 is 1.18 bits per heavy atom. The number of Topliss-reactive ketones (excluding diaryl/α,β-unsaturated/α-hetero) is 1. The number of ketones is 1. The van der Waals surface area contributed by atoms with Gasteiger partial charge in [-0.2, -0.15) is 0 Å². The van der Waals surface area contributed by atoms with Gasteiger partial charge in [-0.05, 0) is 105 Å². The number of aliphatic hydroxyl groups excluding tert-OH is 1. The first-order valence-corrected chi connectivity index (χ1v) is 12.1. The third-order valence-corrected chi connectivity index (χ3v) is 10.0. The maximum Gasteiger partial charge on any atom is 0.129 e. The molecule has 3 fully saturated rings. The molecule has 4 rings (SSSR count). The Bertz CT molecular complexity index is 636. The lowest BCUT2D eigenvalue weighted by Gasteiger charge is -2.58. The van der Waals surface area contributed by atoms with E-state index in [0.717, 1.165) is 55.3 Å². The van der Waals surface area contributed by atoms with Crippen molar-refractivity contribution < 1.29 is 9.90 Å². The van der Waals surface area contributed by atoms with Gasteiger partial charge in [-0.3, -0.25) is 0 Å². The number of hydrogen-bond acceptors (Lipinski definition) is 2. The molecule has 0 spiro atoms. The average Bonchev–Trinajstić information content (AvgIpc) is 2.99. The highest BCUT2D eigenvalue weighted by atomic mass is 16.3. The lowest BCUT2D eigenvalue weighted by molar-refractivity contribution is -0.117. The topological polar surface area (TPSA) is 37.3 Å². The number of carbonyl (C=O) groups excluding carboxylic acids is 1. The van der Waals surface area contributed by atoms with Crippen LogP contribution in [0, 0.1) is 40.4 Å². The fourth-order valence-electron chi connectivity index (χ4n) is 8.49.